The monoisotopic (exact) mass is 230 g/mol. The molecule has 1 atom stereocenters. The Bertz CT molecular complexity index is 367. The second kappa shape index (κ2) is 4.79. The molecule has 17 heavy (non-hydrogen) atoms. The van der Waals surface area contributed by atoms with Gasteiger partial charge in [-0.2, -0.15) is 0 Å². The van der Waals surface area contributed by atoms with Crippen molar-refractivity contribution < 1.29 is 0 Å². The van der Waals surface area contributed by atoms with Crippen molar-refractivity contribution in [3.05, 3.63) is 35.4 Å². The van der Waals surface area contributed by atoms with Gasteiger partial charge < -0.3 is 5.32 Å². The first-order chi connectivity index (χ1) is 8.31. The summed E-state index contributed by atoms with van der Waals surface area (Å²) in [6.07, 6.45) is 2.88. The maximum atomic E-state index is 3.66. The van der Waals surface area contributed by atoms with Crippen molar-refractivity contribution in [1.82, 2.24) is 10.2 Å². The fraction of sp³-hybridized carbons (Fsp3) is 0.600. The van der Waals surface area contributed by atoms with E-state index in [1.165, 1.54) is 37.1 Å². The van der Waals surface area contributed by atoms with Crippen molar-refractivity contribution in [3.8, 4) is 0 Å². The minimum absolute atomic E-state index is 0.759. The Hall–Kier alpha value is -0.860. The summed E-state index contributed by atoms with van der Waals surface area (Å²) in [6, 6.07) is 9.73. The molecule has 2 fully saturated rings. The van der Waals surface area contributed by atoms with Crippen molar-refractivity contribution in [1.29, 1.82) is 0 Å². The molecule has 92 valence electrons. The molecule has 0 bridgehead atoms. The molecule has 1 saturated carbocycles. The van der Waals surface area contributed by atoms with Crippen LogP contribution in [0.25, 0.3) is 0 Å². The van der Waals surface area contributed by atoms with Gasteiger partial charge in [-0.1, -0.05) is 29.8 Å². The van der Waals surface area contributed by atoms with Gasteiger partial charge in [0.2, 0.25) is 0 Å². The fourth-order valence-corrected chi connectivity index (χ4v) is 2.75. The van der Waals surface area contributed by atoms with Gasteiger partial charge >= 0.3 is 0 Å². The SMILES string of the molecule is Cc1ccc(CN2CCNC(C3CC3)C2)cc1. The molecule has 1 aromatic carbocycles. The van der Waals surface area contributed by atoms with Gasteiger partial charge in [0, 0.05) is 32.2 Å². The van der Waals surface area contributed by atoms with Crippen LogP contribution in [0.3, 0.4) is 0 Å². The number of rotatable bonds is 3. The molecule has 0 spiro atoms. The van der Waals surface area contributed by atoms with E-state index in [1.54, 1.807) is 0 Å². The number of benzene rings is 1. The zero-order chi connectivity index (χ0) is 11.7. The molecule has 1 aromatic rings. The van der Waals surface area contributed by atoms with E-state index in [2.05, 4.69) is 41.4 Å². The summed E-state index contributed by atoms with van der Waals surface area (Å²) in [7, 11) is 0. The second-order valence-corrected chi connectivity index (χ2v) is 5.62. The molecule has 0 amide bonds. The van der Waals surface area contributed by atoms with Gasteiger partial charge in [0.1, 0.15) is 0 Å². The van der Waals surface area contributed by atoms with Crippen LogP contribution in [-0.4, -0.2) is 30.6 Å². The summed E-state index contributed by atoms with van der Waals surface area (Å²) in [5.41, 5.74) is 2.80. The molecular weight excluding hydrogens is 208 g/mol. The second-order valence-electron chi connectivity index (χ2n) is 5.62. The average Bonchev–Trinajstić information content (AvgIpc) is 3.17. The summed E-state index contributed by atoms with van der Waals surface area (Å²) in [6.45, 7) is 6.85. The Morgan fingerprint density at radius 1 is 1.24 bits per heavy atom. The highest BCUT2D eigenvalue weighted by molar-refractivity contribution is 5.21. The van der Waals surface area contributed by atoms with E-state index in [1.807, 2.05) is 0 Å². The van der Waals surface area contributed by atoms with E-state index >= 15 is 0 Å². The van der Waals surface area contributed by atoms with Gasteiger partial charge in [-0.05, 0) is 31.2 Å². The number of hydrogen-bond donors (Lipinski definition) is 1. The van der Waals surface area contributed by atoms with Crippen LogP contribution >= 0.6 is 0 Å². The lowest BCUT2D eigenvalue weighted by Crippen LogP contribution is -2.51. The van der Waals surface area contributed by atoms with E-state index < -0.39 is 0 Å². The molecule has 2 heteroatoms. The summed E-state index contributed by atoms with van der Waals surface area (Å²) < 4.78 is 0. The van der Waals surface area contributed by atoms with Crippen LogP contribution in [0.4, 0.5) is 0 Å². The number of nitrogens with zero attached hydrogens (tertiary/aromatic N) is 1. The smallest absolute Gasteiger partial charge is 0.0234 e. The Balaban J connectivity index is 1.58. The normalized spacial score (nSPS) is 26.1. The Morgan fingerprint density at radius 2 is 2.00 bits per heavy atom. The van der Waals surface area contributed by atoms with E-state index in [9.17, 15) is 0 Å². The molecule has 1 N–H and O–H groups in total. The lowest BCUT2D eigenvalue weighted by atomic mass is 10.1. The number of aryl methyl sites for hydroxylation is 1. The van der Waals surface area contributed by atoms with E-state index in [0.29, 0.717) is 0 Å². The molecule has 1 saturated heterocycles. The lowest BCUT2D eigenvalue weighted by Gasteiger charge is -2.33. The first kappa shape index (κ1) is 11.2. The number of hydrogen-bond acceptors (Lipinski definition) is 2. The predicted octanol–water partition coefficient (Wildman–Crippen LogP) is 2.18. The Kier molecular flexibility index (Phi) is 3.17. The van der Waals surface area contributed by atoms with E-state index in [4.69, 9.17) is 0 Å². The van der Waals surface area contributed by atoms with Crippen LogP contribution < -0.4 is 5.32 Å². The molecule has 2 nitrogen and oxygen atoms in total. The first-order valence-corrected chi connectivity index (χ1v) is 6.82. The predicted molar refractivity (Wildman–Crippen MR) is 71.0 cm³/mol. The average molecular weight is 230 g/mol. The molecule has 2 aliphatic rings. The minimum atomic E-state index is 0.759. The molecule has 3 rings (SSSR count). The third kappa shape index (κ3) is 2.88. The molecule has 1 aliphatic heterocycles. The van der Waals surface area contributed by atoms with Crippen LogP contribution in [0.2, 0.25) is 0 Å². The Morgan fingerprint density at radius 3 is 2.71 bits per heavy atom. The topological polar surface area (TPSA) is 15.3 Å². The standard InChI is InChI=1S/C15H22N2/c1-12-2-4-13(5-3-12)10-17-9-8-16-15(11-17)14-6-7-14/h2-5,14-16H,6-11H2,1H3. The maximum Gasteiger partial charge on any atom is 0.0234 e. The van der Waals surface area contributed by atoms with Gasteiger partial charge in [-0.3, -0.25) is 4.90 Å². The van der Waals surface area contributed by atoms with Crippen LogP contribution in [0.5, 0.6) is 0 Å². The van der Waals surface area contributed by atoms with Gasteiger partial charge in [0.25, 0.3) is 0 Å². The maximum absolute atomic E-state index is 3.66. The first-order valence-electron chi connectivity index (χ1n) is 6.82. The van der Waals surface area contributed by atoms with Gasteiger partial charge in [0.15, 0.2) is 0 Å². The number of piperazine rings is 1. The molecule has 0 radical (unpaired) electrons. The van der Waals surface area contributed by atoms with Gasteiger partial charge in [0.05, 0.1) is 0 Å². The molecule has 1 heterocycles. The lowest BCUT2D eigenvalue weighted by molar-refractivity contribution is 0.181. The number of nitrogens with one attached hydrogen (secondary N) is 1. The van der Waals surface area contributed by atoms with Crippen molar-refractivity contribution in [3.63, 3.8) is 0 Å². The molecular formula is C15H22N2. The Labute approximate surface area is 104 Å². The quantitative estimate of drug-likeness (QED) is 0.856. The fourth-order valence-electron chi connectivity index (χ4n) is 2.75. The highest BCUT2D eigenvalue weighted by Gasteiger charge is 2.33. The van der Waals surface area contributed by atoms with Crippen LogP contribution in [-0.2, 0) is 6.54 Å². The minimum Gasteiger partial charge on any atom is -0.311 e. The summed E-state index contributed by atoms with van der Waals surface area (Å²) in [5, 5.41) is 3.66. The van der Waals surface area contributed by atoms with Crippen molar-refractivity contribution >= 4 is 0 Å². The highest BCUT2D eigenvalue weighted by atomic mass is 15.2. The third-order valence-electron chi connectivity index (χ3n) is 4.01. The van der Waals surface area contributed by atoms with Crippen molar-refractivity contribution in [2.24, 2.45) is 5.92 Å². The zero-order valence-electron chi connectivity index (χ0n) is 10.7. The van der Waals surface area contributed by atoms with E-state index in [-0.39, 0.29) is 0 Å². The van der Waals surface area contributed by atoms with Crippen LogP contribution in [0, 0.1) is 12.8 Å². The third-order valence-corrected chi connectivity index (χ3v) is 4.01. The summed E-state index contributed by atoms with van der Waals surface area (Å²) in [5.74, 6) is 0.968. The molecule has 1 unspecified atom stereocenters. The van der Waals surface area contributed by atoms with E-state index in [0.717, 1.165) is 25.0 Å². The van der Waals surface area contributed by atoms with Gasteiger partial charge in [-0.15, -0.1) is 0 Å². The molecule has 0 aromatic heterocycles. The van der Waals surface area contributed by atoms with Crippen molar-refractivity contribution in [2.75, 3.05) is 19.6 Å². The molecule has 1 aliphatic carbocycles. The van der Waals surface area contributed by atoms with Crippen molar-refractivity contribution in [2.45, 2.75) is 32.4 Å². The van der Waals surface area contributed by atoms with Crippen LogP contribution in [0.15, 0.2) is 24.3 Å². The largest absolute Gasteiger partial charge is 0.311 e. The highest BCUT2D eigenvalue weighted by Crippen LogP contribution is 2.33. The zero-order valence-corrected chi connectivity index (χ0v) is 10.7. The summed E-state index contributed by atoms with van der Waals surface area (Å²) >= 11 is 0. The van der Waals surface area contributed by atoms with Crippen LogP contribution in [0.1, 0.15) is 24.0 Å². The summed E-state index contributed by atoms with van der Waals surface area (Å²) in [4.78, 5) is 2.60. The van der Waals surface area contributed by atoms with Gasteiger partial charge in [-0.25, -0.2) is 0 Å².